The van der Waals surface area contributed by atoms with Crippen molar-refractivity contribution in [2.24, 2.45) is 0 Å². The van der Waals surface area contributed by atoms with Gasteiger partial charge in [0.2, 0.25) is 0 Å². The highest BCUT2D eigenvalue weighted by atomic mass is 16.6. The van der Waals surface area contributed by atoms with Gasteiger partial charge >= 0.3 is 11.9 Å². The molecule has 0 aliphatic carbocycles. The van der Waals surface area contributed by atoms with Crippen LogP contribution in [-0.4, -0.2) is 37.9 Å². The molecule has 0 aliphatic heterocycles. The summed E-state index contributed by atoms with van der Waals surface area (Å²) in [6, 6.07) is 0. The van der Waals surface area contributed by atoms with Crippen LogP contribution in [0.15, 0.2) is 48.6 Å². The quantitative estimate of drug-likeness (QED) is 0.0345. The summed E-state index contributed by atoms with van der Waals surface area (Å²) in [5, 5.41) is 0. The van der Waals surface area contributed by atoms with E-state index in [0.717, 1.165) is 51.4 Å². The fourth-order valence-corrected chi connectivity index (χ4v) is 8.94. The number of ether oxygens (including phenoxy) is 3. The predicted octanol–water partition coefficient (Wildman–Crippen LogP) is 20.7. The van der Waals surface area contributed by atoms with Gasteiger partial charge in [0.25, 0.3) is 0 Å². The van der Waals surface area contributed by atoms with E-state index in [0.29, 0.717) is 25.9 Å². The zero-order valence-corrected chi connectivity index (χ0v) is 45.9. The Balaban J connectivity index is 4.22. The van der Waals surface area contributed by atoms with E-state index in [1.807, 2.05) is 6.08 Å². The number of hydrogen-bond donors (Lipinski definition) is 0. The Hall–Kier alpha value is -2.14. The molecule has 68 heavy (non-hydrogen) atoms. The van der Waals surface area contributed by atoms with Crippen LogP contribution in [0.3, 0.4) is 0 Å². The van der Waals surface area contributed by atoms with Gasteiger partial charge in [0.05, 0.1) is 6.61 Å². The first kappa shape index (κ1) is 65.9. The van der Waals surface area contributed by atoms with Crippen molar-refractivity contribution in [3.63, 3.8) is 0 Å². The van der Waals surface area contributed by atoms with E-state index in [9.17, 15) is 9.59 Å². The van der Waals surface area contributed by atoms with Crippen molar-refractivity contribution in [2.45, 2.75) is 322 Å². The van der Waals surface area contributed by atoms with Crippen molar-refractivity contribution < 1.29 is 23.8 Å². The van der Waals surface area contributed by atoms with E-state index >= 15 is 0 Å². The minimum Gasteiger partial charge on any atom is -0.462 e. The van der Waals surface area contributed by atoms with E-state index in [2.05, 4.69) is 63.3 Å². The van der Waals surface area contributed by atoms with Crippen LogP contribution in [0, 0.1) is 0 Å². The smallest absolute Gasteiger partial charge is 0.306 e. The highest BCUT2D eigenvalue weighted by molar-refractivity contribution is 5.70. The molecule has 0 radical (unpaired) electrons. The molecule has 0 fully saturated rings. The Bertz CT molecular complexity index is 1120. The first-order valence-corrected chi connectivity index (χ1v) is 30.2. The van der Waals surface area contributed by atoms with Crippen molar-refractivity contribution in [2.75, 3.05) is 19.8 Å². The molecule has 0 amide bonds. The number of allylic oxidation sites excluding steroid dienone is 8. The third kappa shape index (κ3) is 56.4. The van der Waals surface area contributed by atoms with Crippen LogP contribution in [0.4, 0.5) is 0 Å². The highest BCUT2D eigenvalue weighted by Gasteiger charge is 2.17. The van der Waals surface area contributed by atoms with Gasteiger partial charge in [0.15, 0.2) is 6.10 Å². The molecule has 0 aromatic carbocycles. The molecule has 0 heterocycles. The number of rotatable bonds is 56. The molecule has 398 valence electrons. The zero-order valence-electron chi connectivity index (χ0n) is 45.9. The SMILES string of the molecule is CC/C=C\C/C=C\C/C=C\C/C=C\CCC(=O)OC(COCCCCCCCCCCCCCCCCCCCCCC)COC(=O)CCCCCCCCCCCCCCCCCCCCC. The number of unbranched alkanes of at least 4 members (excludes halogenated alkanes) is 37. The first-order chi connectivity index (χ1) is 33.6. The first-order valence-electron chi connectivity index (χ1n) is 30.2. The van der Waals surface area contributed by atoms with E-state index in [4.69, 9.17) is 14.2 Å². The lowest BCUT2D eigenvalue weighted by atomic mass is 10.0. The second kappa shape index (κ2) is 59.2. The highest BCUT2D eigenvalue weighted by Crippen LogP contribution is 2.17. The lowest BCUT2D eigenvalue weighted by molar-refractivity contribution is -0.162. The van der Waals surface area contributed by atoms with E-state index in [1.165, 1.54) is 225 Å². The van der Waals surface area contributed by atoms with Crippen molar-refractivity contribution in [3.8, 4) is 0 Å². The molecule has 0 saturated heterocycles. The molecule has 0 aliphatic rings. The van der Waals surface area contributed by atoms with Gasteiger partial charge < -0.3 is 14.2 Å². The Labute approximate surface area is 424 Å². The molecule has 0 aromatic rings. The second-order valence-electron chi connectivity index (χ2n) is 20.2. The number of esters is 2. The third-order valence-corrected chi connectivity index (χ3v) is 13.4. The third-order valence-electron chi connectivity index (χ3n) is 13.4. The molecular weight excluding hydrogens is 837 g/mol. The number of carbonyl (C=O) groups is 2. The molecule has 5 nitrogen and oxygen atoms in total. The van der Waals surface area contributed by atoms with Crippen LogP contribution in [0.5, 0.6) is 0 Å². The molecule has 0 N–H and O–H groups in total. The molecule has 5 heteroatoms. The normalized spacial score (nSPS) is 12.5. The molecule has 0 rings (SSSR count). The number of carbonyl (C=O) groups excluding carboxylic acids is 2. The van der Waals surface area contributed by atoms with Crippen LogP contribution < -0.4 is 0 Å². The van der Waals surface area contributed by atoms with Crippen LogP contribution >= 0.6 is 0 Å². The summed E-state index contributed by atoms with van der Waals surface area (Å²) in [6.45, 7) is 7.71. The Morgan fingerprint density at radius 2 is 0.662 bits per heavy atom. The summed E-state index contributed by atoms with van der Waals surface area (Å²) >= 11 is 0. The molecular formula is C63H116O5. The van der Waals surface area contributed by atoms with Crippen molar-refractivity contribution in [3.05, 3.63) is 48.6 Å². The Kier molecular flexibility index (Phi) is 57.3. The van der Waals surface area contributed by atoms with Crippen molar-refractivity contribution in [1.82, 2.24) is 0 Å². The lowest BCUT2D eigenvalue weighted by Crippen LogP contribution is -2.30. The minimum atomic E-state index is -0.570. The average Bonchev–Trinajstić information content (AvgIpc) is 3.34. The molecule has 0 saturated carbocycles. The maximum atomic E-state index is 12.8. The maximum absolute atomic E-state index is 12.8. The zero-order chi connectivity index (χ0) is 49.2. The van der Waals surface area contributed by atoms with E-state index in [1.54, 1.807) is 0 Å². The van der Waals surface area contributed by atoms with Gasteiger partial charge in [-0.15, -0.1) is 0 Å². The van der Waals surface area contributed by atoms with Gasteiger partial charge in [0, 0.05) is 19.4 Å². The fraction of sp³-hybridized carbons (Fsp3) is 0.841. The Morgan fingerprint density at radius 3 is 1.03 bits per heavy atom. The maximum Gasteiger partial charge on any atom is 0.306 e. The predicted molar refractivity (Wildman–Crippen MR) is 298 cm³/mol. The monoisotopic (exact) mass is 953 g/mol. The van der Waals surface area contributed by atoms with Crippen LogP contribution in [-0.2, 0) is 23.8 Å². The molecule has 1 unspecified atom stereocenters. The summed E-state index contributed by atoms with van der Waals surface area (Å²) in [7, 11) is 0. The summed E-state index contributed by atoms with van der Waals surface area (Å²) in [6.07, 6.45) is 74.5. The van der Waals surface area contributed by atoms with Gasteiger partial charge in [-0.3, -0.25) is 9.59 Å². The van der Waals surface area contributed by atoms with Crippen molar-refractivity contribution >= 4 is 11.9 Å². The summed E-state index contributed by atoms with van der Waals surface area (Å²) in [5.74, 6) is -0.471. The van der Waals surface area contributed by atoms with Gasteiger partial charge in [-0.05, 0) is 44.9 Å². The number of hydrogen-bond acceptors (Lipinski definition) is 5. The lowest BCUT2D eigenvalue weighted by Gasteiger charge is -2.18. The fourth-order valence-electron chi connectivity index (χ4n) is 8.94. The van der Waals surface area contributed by atoms with Gasteiger partial charge in [0.1, 0.15) is 6.61 Å². The summed E-state index contributed by atoms with van der Waals surface area (Å²) < 4.78 is 17.4. The summed E-state index contributed by atoms with van der Waals surface area (Å²) in [4.78, 5) is 25.5. The topological polar surface area (TPSA) is 61.8 Å². The Morgan fingerprint density at radius 1 is 0.338 bits per heavy atom. The summed E-state index contributed by atoms with van der Waals surface area (Å²) in [5.41, 5.74) is 0. The molecule has 0 bridgehead atoms. The van der Waals surface area contributed by atoms with Crippen molar-refractivity contribution in [1.29, 1.82) is 0 Å². The minimum absolute atomic E-state index is 0.0624. The van der Waals surface area contributed by atoms with Gasteiger partial charge in [-0.1, -0.05) is 307 Å². The van der Waals surface area contributed by atoms with Gasteiger partial charge in [-0.25, -0.2) is 0 Å². The van der Waals surface area contributed by atoms with E-state index in [-0.39, 0.29) is 25.2 Å². The largest absolute Gasteiger partial charge is 0.462 e. The average molecular weight is 954 g/mol. The standard InChI is InChI=1S/C63H116O5/c1-4-7-10-13-16-19-22-25-27-29-31-33-35-37-40-43-46-49-52-55-58-66-59-61(68-63(65)57-54-51-48-45-42-38-24-21-18-15-12-9-6-3)60-67-62(64)56-53-50-47-44-41-39-36-34-32-30-28-26-23-20-17-14-11-8-5-2/h9,12,18,21,38,42,48,51,61H,4-8,10-11,13-17,19-20,22-37,39-41,43-47,49-50,52-60H2,1-3H3/b12-9-,21-18-,42-38-,51-48-. The van der Waals surface area contributed by atoms with E-state index < -0.39 is 6.10 Å². The van der Waals surface area contributed by atoms with Crippen LogP contribution in [0.2, 0.25) is 0 Å². The molecule has 0 spiro atoms. The van der Waals surface area contributed by atoms with Gasteiger partial charge in [-0.2, -0.15) is 0 Å². The second-order valence-corrected chi connectivity index (χ2v) is 20.2. The molecule has 1 atom stereocenters. The van der Waals surface area contributed by atoms with Crippen LogP contribution in [0.25, 0.3) is 0 Å². The molecule has 0 aromatic heterocycles. The van der Waals surface area contributed by atoms with Crippen LogP contribution in [0.1, 0.15) is 316 Å².